The van der Waals surface area contributed by atoms with Crippen LogP contribution in [0.1, 0.15) is 24.2 Å². The standard InChI is InChI=1S/C12H13BrO5/c1-3-17-12(16)7(2)18-10-8(11(14)15)5-4-6-9(10)13/h4-7H,3H2,1-2H3,(H,14,15). The van der Waals surface area contributed by atoms with Crippen molar-refractivity contribution < 1.29 is 24.2 Å². The number of carbonyl (C=O) groups is 2. The van der Waals surface area contributed by atoms with Crippen molar-refractivity contribution >= 4 is 27.9 Å². The predicted octanol–water partition coefficient (Wildman–Crippen LogP) is 2.48. The van der Waals surface area contributed by atoms with E-state index in [1.54, 1.807) is 19.1 Å². The third-order valence-corrected chi connectivity index (χ3v) is 2.73. The molecule has 0 amide bonds. The zero-order valence-corrected chi connectivity index (χ0v) is 11.6. The summed E-state index contributed by atoms with van der Waals surface area (Å²) in [6.45, 7) is 3.43. The molecule has 1 atom stereocenters. The van der Waals surface area contributed by atoms with Gasteiger partial charge in [0.2, 0.25) is 0 Å². The van der Waals surface area contributed by atoms with Gasteiger partial charge in [-0.1, -0.05) is 6.07 Å². The number of halogens is 1. The van der Waals surface area contributed by atoms with Gasteiger partial charge in [0, 0.05) is 0 Å². The van der Waals surface area contributed by atoms with Crippen LogP contribution in [0, 0.1) is 0 Å². The lowest BCUT2D eigenvalue weighted by Gasteiger charge is -2.16. The van der Waals surface area contributed by atoms with Gasteiger partial charge in [-0.2, -0.15) is 0 Å². The summed E-state index contributed by atoms with van der Waals surface area (Å²) in [5.41, 5.74) is -0.0134. The molecule has 1 N–H and O–H groups in total. The third kappa shape index (κ3) is 3.46. The normalized spacial score (nSPS) is 11.7. The van der Waals surface area contributed by atoms with Gasteiger partial charge in [-0.3, -0.25) is 0 Å². The molecule has 6 heteroatoms. The molecular weight excluding hydrogens is 304 g/mol. The minimum atomic E-state index is -1.12. The van der Waals surface area contributed by atoms with E-state index in [1.807, 2.05) is 0 Å². The fourth-order valence-corrected chi connectivity index (χ4v) is 1.74. The van der Waals surface area contributed by atoms with E-state index in [0.29, 0.717) is 4.47 Å². The first-order valence-electron chi connectivity index (χ1n) is 5.32. The number of para-hydroxylation sites is 1. The van der Waals surface area contributed by atoms with Crippen LogP contribution in [0.5, 0.6) is 5.75 Å². The SMILES string of the molecule is CCOC(=O)C(C)Oc1c(Br)cccc1C(=O)O. The maximum atomic E-state index is 11.4. The number of carboxylic acids is 1. The van der Waals surface area contributed by atoms with Crippen LogP contribution in [0.15, 0.2) is 22.7 Å². The molecule has 0 bridgehead atoms. The topological polar surface area (TPSA) is 72.8 Å². The van der Waals surface area contributed by atoms with Crippen molar-refractivity contribution in [3.63, 3.8) is 0 Å². The summed E-state index contributed by atoms with van der Waals surface area (Å²) < 4.78 is 10.6. The van der Waals surface area contributed by atoms with Crippen molar-refractivity contribution in [3.05, 3.63) is 28.2 Å². The monoisotopic (exact) mass is 316 g/mol. The van der Waals surface area contributed by atoms with Crippen LogP contribution < -0.4 is 4.74 Å². The molecule has 1 aromatic rings. The van der Waals surface area contributed by atoms with Crippen molar-refractivity contribution in [1.82, 2.24) is 0 Å². The van der Waals surface area contributed by atoms with E-state index in [-0.39, 0.29) is 17.9 Å². The molecule has 0 saturated carbocycles. The second kappa shape index (κ2) is 6.39. The average Bonchev–Trinajstić information content (AvgIpc) is 2.31. The van der Waals surface area contributed by atoms with Gasteiger partial charge in [-0.15, -0.1) is 0 Å². The average molecular weight is 317 g/mol. The Hall–Kier alpha value is -1.56. The number of hydrogen-bond donors (Lipinski definition) is 1. The molecule has 0 spiro atoms. The lowest BCUT2D eigenvalue weighted by atomic mass is 10.2. The second-order valence-electron chi connectivity index (χ2n) is 3.43. The predicted molar refractivity (Wildman–Crippen MR) is 67.8 cm³/mol. The van der Waals surface area contributed by atoms with Gasteiger partial charge in [0.25, 0.3) is 0 Å². The molecule has 0 saturated heterocycles. The van der Waals surface area contributed by atoms with Gasteiger partial charge in [0.05, 0.1) is 11.1 Å². The molecule has 1 unspecified atom stereocenters. The van der Waals surface area contributed by atoms with E-state index in [4.69, 9.17) is 14.6 Å². The Morgan fingerprint density at radius 3 is 2.67 bits per heavy atom. The van der Waals surface area contributed by atoms with E-state index < -0.39 is 18.0 Å². The van der Waals surface area contributed by atoms with Crippen molar-refractivity contribution in [3.8, 4) is 5.75 Å². The summed E-state index contributed by atoms with van der Waals surface area (Å²) in [5.74, 6) is -1.54. The third-order valence-electron chi connectivity index (χ3n) is 2.11. The molecule has 98 valence electrons. The Labute approximate surface area is 113 Å². The number of hydrogen-bond acceptors (Lipinski definition) is 4. The number of carboxylic acid groups (broad SMARTS) is 1. The van der Waals surface area contributed by atoms with Crippen LogP contribution in [0.2, 0.25) is 0 Å². The Bertz CT molecular complexity index is 458. The zero-order valence-electron chi connectivity index (χ0n) is 9.97. The molecule has 0 aliphatic carbocycles. The second-order valence-corrected chi connectivity index (χ2v) is 4.29. The first-order chi connectivity index (χ1) is 8.47. The van der Waals surface area contributed by atoms with Crippen molar-refractivity contribution in [2.75, 3.05) is 6.61 Å². The lowest BCUT2D eigenvalue weighted by Crippen LogP contribution is -2.27. The van der Waals surface area contributed by atoms with Gasteiger partial charge in [0.1, 0.15) is 11.3 Å². The minimum absolute atomic E-state index is 0.0134. The highest BCUT2D eigenvalue weighted by molar-refractivity contribution is 9.10. The molecule has 0 aliphatic rings. The molecule has 0 aliphatic heterocycles. The zero-order chi connectivity index (χ0) is 13.7. The Balaban J connectivity index is 2.96. The molecule has 0 aromatic heterocycles. The maximum absolute atomic E-state index is 11.4. The van der Waals surface area contributed by atoms with E-state index in [0.717, 1.165) is 0 Å². The molecule has 0 fully saturated rings. The molecule has 1 aromatic carbocycles. The highest BCUT2D eigenvalue weighted by Gasteiger charge is 2.21. The van der Waals surface area contributed by atoms with Crippen LogP contribution >= 0.6 is 15.9 Å². The number of esters is 1. The number of carbonyl (C=O) groups excluding carboxylic acids is 1. The smallest absolute Gasteiger partial charge is 0.347 e. The van der Waals surface area contributed by atoms with Gasteiger partial charge < -0.3 is 14.6 Å². The Morgan fingerprint density at radius 1 is 1.44 bits per heavy atom. The lowest BCUT2D eigenvalue weighted by molar-refractivity contribution is -0.150. The first-order valence-corrected chi connectivity index (χ1v) is 6.11. The van der Waals surface area contributed by atoms with Crippen LogP contribution in [-0.2, 0) is 9.53 Å². The van der Waals surface area contributed by atoms with Gasteiger partial charge in [-0.25, -0.2) is 9.59 Å². The van der Waals surface area contributed by atoms with Crippen LogP contribution in [0.25, 0.3) is 0 Å². The van der Waals surface area contributed by atoms with Crippen molar-refractivity contribution in [1.29, 1.82) is 0 Å². The maximum Gasteiger partial charge on any atom is 0.347 e. The highest BCUT2D eigenvalue weighted by Crippen LogP contribution is 2.30. The molecule has 5 nitrogen and oxygen atoms in total. The summed E-state index contributed by atoms with van der Waals surface area (Å²) in [6, 6.07) is 4.62. The summed E-state index contributed by atoms with van der Waals surface area (Å²) in [7, 11) is 0. The summed E-state index contributed by atoms with van der Waals surface area (Å²) >= 11 is 3.19. The fraction of sp³-hybridized carbons (Fsp3) is 0.333. The summed E-state index contributed by atoms with van der Waals surface area (Å²) in [6.07, 6.45) is -0.873. The molecular formula is C12H13BrO5. The summed E-state index contributed by atoms with van der Waals surface area (Å²) in [5, 5.41) is 9.03. The molecule has 0 heterocycles. The number of benzene rings is 1. The van der Waals surface area contributed by atoms with Gasteiger partial charge >= 0.3 is 11.9 Å². The molecule has 18 heavy (non-hydrogen) atoms. The van der Waals surface area contributed by atoms with Gasteiger partial charge in [-0.05, 0) is 41.9 Å². The molecule has 0 radical (unpaired) electrons. The van der Waals surface area contributed by atoms with Gasteiger partial charge in [0.15, 0.2) is 6.10 Å². The molecule has 1 rings (SSSR count). The van der Waals surface area contributed by atoms with Crippen LogP contribution in [0.4, 0.5) is 0 Å². The van der Waals surface area contributed by atoms with Crippen LogP contribution in [0.3, 0.4) is 0 Å². The Morgan fingerprint density at radius 2 is 2.11 bits per heavy atom. The number of aromatic carboxylic acids is 1. The quantitative estimate of drug-likeness (QED) is 0.845. The number of ether oxygens (including phenoxy) is 2. The van der Waals surface area contributed by atoms with Crippen LogP contribution in [-0.4, -0.2) is 29.8 Å². The number of rotatable bonds is 5. The van der Waals surface area contributed by atoms with E-state index in [1.165, 1.54) is 13.0 Å². The van der Waals surface area contributed by atoms with Crippen molar-refractivity contribution in [2.45, 2.75) is 20.0 Å². The Kier molecular flexibility index (Phi) is 5.15. The van der Waals surface area contributed by atoms with Crippen molar-refractivity contribution in [2.24, 2.45) is 0 Å². The fourth-order valence-electron chi connectivity index (χ4n) is 1.28. The first kappa shape index (κ1) is 14.5. The summed E-state index contributed by atoms with van der Waals surface area (Å²) in [4.78, 5) is 22.5. The van der Waals surface area contributed by atoms with E-state index in [2.05, 4.69) is 15.9 Å². The largest absolute Gasteiger partial charge is 0.478 e. The minimum Gasteiger partial charge on any atom is -0.478 e. The van der Waals surface area contributed by atoms with E-state index >= 15 is 0 Å². The van der Waals surface area contributed by atoms with E-state index in [9.17, 15) is 9.59 Å². The highest BCUT2D eigenvalue weighted by atomic mass is 79.9.